The van der Waals surface area contributed by atoms with E-state index in [1.54, 1.807) is 18.2 Å². The van der Waals surface area contributed by atoms with Crippen LogP contribution in [0.1, 0.15) is 0 Å². The maximum atomic E-state index is 11.7. The lowest BCUT2D eigenvalue weighted by Gasteiger charge is -2.05. The van der Waals surface area contributed by atoms with Crippen molar-refractivity contribution in [2.24, 2.45) is 0 Å². The van der Waals surface area contributed by atoms with Crippen LogP contribution in [-0.4, -0.2) is 16.8 Å². The highest BCUT2D eigenvalue weighted by molar-refractivity contribution is 8.00. The lowest BCUT2D eigenvalue weighted by Crippen LogP contribution is -2.13. The lowest BCUT2D eigenvalue weighted by molar-refractivity contribution is -0.113. The highest BCUT2D eigenvalue weighted by Crippen LogP contribution is 2.27. The highest BCUT2D eigenvalue weighted by Gasteiger charge is 2.05. The summed E-state index contributed by atoms with van der Waals surface area (Å²) in [6.45, 7) is 0. The van der Waals surface area contributed by atoms with Crippen molar-refractivity contribution < 1.29 is 9.90 Å². The van der Waals surface area contributed by atoms with Crippen molar-refractivity contribution in [3.05, 3.63) is 54.6 Å². The zero-order valence-corrected chi connectivity index (χ0v) is 10.5. The van der Waals surface area contributed by atoms with E-state index in [2.05, 4.69) is 5.32 Å². The maximum Gasteiger partial charge on any atom is 0.234 e. The van der Waals surface area contributed by atoms with Gasteiger partial charge in [0.25, 0.3) is 0 Å². The van der Waals surface area contributed by atoms with Gasteiger partial charge in [-0.2, -0.15) is 0 Å². The number of rotatable bonds is 4. The minimum Gasteiger partial charge on any atom is -0.507 e. The van der Waals surface area contributed by atoms with Crippen molar-refractivity contribution in [1.82, 2.24) is 0 Å². The third-order valence-electron chi connectivity index (χ3n) is 2.28. The third-order valence-corrected chi connectivity index (χ3v) is 3.34. The van der Waals surface area contributed by atoms with E-state index in [0.717, 1.165) is 5.69 Å². The average molecular weight is 259 g/mol. The van der Waals surface area contributed by atoms with Gasteiger partial charge in [-0.3, -0.25) is 4.79 Å². The molecule has 0 spiro atoms. The average Bonchev–Trinajstić information content (AvgIpc) is 2.39. The van der Waals surface area contributed by atoms with Gasteiger partial charge in [-0.1, -0.05) is 30.3 Å². The summed E-state index contributed by atoms with van der Waals surface area (Å²) in [4.78, 5) is 12.4. The molecule has 0 bridgehead atoms. The molecule has 0 saturated carbocycles. The van der Waals surface area contributed by atoms with E-state index in [9.17, 15) is 9.90 Å². The molecule has 18 heavy (non-hydrogen) atoms. The molecule has 2 N–H and O–H groups in total. The Kier molecular flexibility index (Phi) is 4.25. The molecular weight excluding hydrogens is 246 g/mol. The van der Waals surface area contributed by atoms with E-state index in [1.165, 1.54) is 11.8 Å². The number of carbonyl (C=O) groups excluding carboxylic acids is 1. The lowest BCUT2D eigenvalue weighted by atomic mass is 10.3. The summed E-state index contributed by atoms with van der Waals surface area (Å²) in [5.74, 6) is 0.386. The van der Waals surface area contributed by atoms with Crippen LogP contribution >= 0.6 is 11.8 Å². The molecule has 2 rings (SSSR count). The van der Waals surface area contributed by atoms with E-state index < -0.39 is 0 Å². The molecule has 0 aliphatic rings. The van der Waals surface area contributed by atoms with E-state index in [0.29, 0.717) is 4.90 Å². The number of hydrogen-bond donors (Lipinski definition) is 2. The molecule has 2 aromatic rings. The van der Waals surface area contributed by atoms with Crippen LogP contribution in [-0.2, 0) is 4.79 Å². The van der Waals surface area contributed by atoms with Crippen molar-refractivity contribution in [1.29, 1.82) is 0 Å². The number of phenols is 1. The molecule has 0 atom stereocenters. The van der Waals surface area contributed by atoms with Gasteiger partial charge in [0, 0.05) is 10.6 Å². The molecule has 0 radical (unpaired) electrons. The number of thioether (sulfide) groups is 1. The summed E-state index contributed by atoms with van der Waals surface area (Å²) in [6, 6.07) is 16.3. The summed E-state index contributed by atoms with van der Waals surface area (Å²) >= 11 is 1.31. The maximum absolute atomic E-state index is 11.7. The number of phenolic OH excluding ortho intramolecular Hbond substituents is 1. The van der Waals surface area contributed by atoms with Crippen LogP contribution in [0.5, 0.6) is 5.75 Å². The molecule has 0 saturated heterocycles. The second-order valence-corrected chi connectivity index (χ2v) is 4.69. The number of para-hydroxylation sites is 2. The summed E-state index contributed by atoms with van der Waals surface area (Å²) in [5, 5.41) is 12.4. The zero-order chi connectivity index (χ0) is 12.8. The van der Waals surface area contributed by atoms with Crippen molar-refractivity contribution in [2.75, 3.05) is 11.1 Å². The van der Waals surface area contributed by atoms with Gasteiger partial charge in [-0.15, -0.1) is 11.8 Å². The summed E-state index contributed by atoms with van der Waals surface area (Å²) in [7, 11) is 0. The standard InChI is InChI=1S/C14H13NO2S/c16-12-8-4-5-9-13(12)18-10-14(17)15-11-6-2-1-3-7-11/h1-9,16H,10H2,(H,15,17). The van der Waals surface area contributed by atoms with Crippen LogP contribution in [0.2, 0.25) is 0 Å². The fraction of sp³-hybridized carbons (Fsp3) is 0.0714. The number of aromatic hydroxyl groups is 1. The largest absolute Gasteiger partial charge is 0.507 e. The second kappa shape index (κ2) is 6.12. The van der Waals surface area contributed by atoms with Crippen molar-refractivity contribution in [3.8, 4) is 5.75 Å². The van der Waals surface area contributed by atoms with E-state index >= 15 is 0 Å². The highest BCUT2D eigenvalue weighted by atomic mass is 32.2. The molecule has 0 unspecified atom stereocenters. The topological polar surface area (TPSA) is 49.3 Å². The number of benzene rings is 2. The van der Waals surface area contributed by atoms with Crippen molar-refractivity contribution >= 4 is 23.4 Å². The Labute approximate surface area is 110 Å². The van der Waals surface area contributed by atoms with Crippen molar-refractivity contribution in [3.63, 3.8) is 0 Å². The molecular formula is C14H13NO2S. The van der Waals surface area contributed by atoms with Crippen LogP contribution in [0.15, 0.2) is 59.5 Å². The van der Waals surface area contributed by atoms with Crippen molar-refractivity contribution in [2.45, 2.75) is 4.90 Å². The molecule has 0 aliphatic carbocycles. The van der Waals surface area contributed by atoms with Gasteiger partial charge < -0.3 is 10.4 Å². The second-order valence-electron chi connectivity index (χ2n) is 3.67. The number of carbonyl (C=O) groups is 1. The predicted molar refractivity (Wildman–Crippen MR) is 73.9 cm³/mol. The first kappa shape index (κ1) is 12.5. The molecule has 3 nitrogen and oxygen atoms in total. The zero-order valence-electron chi connectivity index (χ0n) is 9.67. The molecule has 2 aromatic carbocycles. The fourth-order valence-electron chi connectivity index (χ4n) is 1.44. The molecule has 0 fully saturated rings. The van der Waals surface area contributed by atoms with Gasteiger partial charge in [0.05, 0.1) is 5.75 Å². The van der Waals surface area contributed by atoms with E-state index in [4.69, 9.17) is 0 Å². The van der Waals surface area contributed by atoms with Crippen LogP contribution in [0, 0.1) is 0 Å². The van der Waals surface area contributed by atoms with Crippen LogP contribution in [0.3, 0.4) is 0 Å². The Balaban J connectivity index is 1.88. The van der Waals surface area contributed by atoms with E-state index in [1.807, 2.05) is 36.4 Å². The number of amides is 1. The van der Waals surface area contributed by atoms with Gasteiger partial charge in [0.2, 0.25) is 5.91 Å². The number of nitrogens with one attached hydrogen (secondary N) is 1. The minimum atomic E-state index is -0.0885. The third kappa shape index (κ3) is 3.53. The first-order valence-electron chi connectivity index (χ1n) is 5.51. The Morgan fingerprint density at radius 1 is 1.06 bits per heavy atom. The minimum absolute atomic E-state index is 0.0885. The van der Waals surface area contributed by atoms with Gasteiger partial charge in [0.15, 0.2) is 0 Å². The summed E-state index contributed by atoms with van der Waals surface area (Å²) in [6.07, 6.45) is 0. The molecule has 0 aromatic heterocycles. The van der Waals surface area contributed by atoms with Gasteiger partial charge in [-0.05, 0) is 24.3 Å². The fourth-order valence-corrected chi connectivity index (χ4v) is 2.19. The SMILES string of the molecule is O=C(CSc1ccccc1O)Nc1ccccc1. The van der Waals surface area contributed by atoms with E-state index in [-0.39, 0.29) is 17.4 Å². The summed E-state index contributed by atoms with van der Waals surface area (Å²) in [5.41, 5.74) is 0.778. The molecule has 0 heterocycles. The van der Waals surface area contributed by atoms with Crippen LogP contribution < -0.4 is 5.32 Å². The molecule has 0 aliphatic heterocycles. The smallest absolute Gasteiger partial charge is 0.234 e. The normalized spacial score (nSPS) is 10.0. The van der Waals surface area contributed by atoms with Crippen LogP contribution in [0.25, 0.3) is 0 Å². The molecule has 1 amide bonds. The Morgan fingerprint density at radius 2 is 1.72 bits per heavy atom. The Bertz CT molecular complexity index is 528. The monoisotopic (exact) mass is 259 g/mol. The first-order chi connectivity index (χ1) is 8.75. The van der Waals surface area contributed by atoms with Gasteiger partial charge >= 0.3 is 0 Å². The summed E-state index contributed by atoms with van der Waals surface area (Å²) < 4.78 is 0. The van der Waals surface area contributed by atoms with Crippen LogP contribution in [0.4, 0.5) is 5.69 Å². The quantitative estimate of drug-likeness (QED) is 0.829. The number of anilines is 1. The number of hydrogen-bond acceptors (Lipinski definition) is 3. The van der Waals surface area contributed by atoms with Gasteiger partial charge in [-0.25, -0.2) is 0 Å². The predicted octanol–water partition coefficient (Wildman–Crippen LogP) is 3.12. The van der Waals surface area contributed by atoms with Gasteiger partial charge in [0.1, 0.15) is 5.75 Å². The molecule has 4 heteroatoms. The Hall–Kier alpha value is -1.94. The molecule has 92 valence electrons. The Morgan fingerprint density at radius 3 is 2.44 bits per heavy atom. The first-order valence-corrected chi connectivity index (χ1v) is 6.50.